The van der Waals surface area contributed by atoms with Crippen molar-refractivity contribution in [3.8, 4) is 0 Å². The van der Waals surface area contributed by atoms with Gasteiger partial charge in [0.15, 0.2) is 0 Å². The number of piperidine rings is 1. The highest BCUT2D eigenvalue weighted by Crippen LogP contribution is 2.27. The molecular weight excluding hydrogens is 374 g/mol. The zero-order valence-corrected chi connectivity index (χ0v) is 17.2. The van der Waals surface area contributed by atoms with Crippen molar-refractivity contribution in [2.24, 2.45) is 5.92 Å². The van der Waals surface area contributed by atoms with E-state index in [4.69, 9.17) is 0 Å². The van der Waals surface area contributed by atoms with Crippen LogP contribution >= 0.6 is 11.3 Å². The maximum Gasteiger partial charge on any atom is 0.252 e. The van der Waals surface area contributed by atoms with Crippen molar-refractivity contribution >= 4 is 33.2 Å². The summed E-state index contributed by atoms with van der Waals surface area (Å²) in [6.07, 6.45) is 1.28. The monoisotopic (exact) mass is 401 g/mol. The van der Waals surface area contributed by atoms with Gasteiger partial charge in [0.2, 0.25) is 11.8 Å². The van der Waals surface area contributed by atoms with Gasteiger partial charge in [-0.05, 0) is 38.1 Å². The van der Waals surface area contributed by atoms with Crippen LogP contribution in [0.25, 0.3) is 0 Å². The summed E-state index contributed by atoms with van der Waals surface area (Å²) in [5, 5.41) is 1.73. The average Bonchev–Trinajstić information content (AvgIpc) is 3.17. The van der Waals surface area contributed by atoms with Crippen LogP contribution in [0.4, 0.5) is 0 Å². The van der Waals surface area contributed by atoms with Gasteiger partial charge in [0.1, 0.15) is 4.21 Å². The Morgan fingerprint density at radius 2 is 2.00 bits per heavy atom. The molecule has 0 saturated carbocycles. The Kier molecular flexibility index (Phi) is 7.19. The van der Waals surface area contributed by atoms with Crippen molar-refractivity contribution in [2.45, 2.75) is 30.9 Å². The number of hydrogen-bond acceptors (Lipinski definition) is 5. The fourth-order valence-electron chi connectivity index (χ4n) is 3.17. The number of nitrogens with zero attached hydrogens (tertiary/aromatic N) is 3. The number of hydrogen-bond donors (Lipinski definition) is 0. The summed E-state index contributed by atoms with van der Waals surface area (Å²) in [6, 6.07) is 3.29. The van der Waals surface area contributed by atoms with Crippen LogP contribution in [0.3, 0.4) is 0 Å². The van der Waals surface area contributed by atoms with Crippen LogP contribution in [0.5, 0.6) is 0 Å². The summed E-state index contributed by atoms with van der Waals surface area (Å²) in [4.78, 5) is 28.0. The van der Waals surface area contributed by atoms with E-state index in [1.165, 1.54) is 20.5 Å². The molecule has 0 aromatic carbocycles. The Labute approximate surface area is 159 Å². The first kappa shape index (κ1) is 20.9. The maximum atomic E-state index is 12.7. The van der Waals surface area contributed by atoms with E-state index < -0.39 is 15.9 Å². The summed E-state index contributed by atoms with van der Waals surface area (Å²) in [6.45, 7) is 5.63. The van der Waals surface area contributed by atoms with Gasteiger partial charge in [-0.1, -0.05) is 6.07 Å². The van der Waals surface area contributed by atoms with Gasteiger partial charge >= 0.3 is 0 Å². The Balaban J connectivity index is 2.02. The van der Waals surface area contributed by atoms with E-state index >= 15 is 0 Å². The second-order valence-electron chi connectivity index (χ2n) is 6.39. The van der Waals surface area contributed by atoms with Crippen LogP contribution < -0.4 is 0 Å². The summed E-state index contributed by atoms with van der Waals surface area (Å²) in [7, 11) is -1.94. The minimum atomic E-state index is -3.55. The largest absolute Gasteiger partial charge is 0.342 e. The number of likely N-dealkylation sites (N-methyl/N-ethyl adjacent to an activating group) is 2. The molecule has 2 heterocycles. The molecule has 0 bridgehead atoms. The summed E-state index contributed by atoms with van der Waals surface area (Å²) >= 11 is 1.18. The number of rotatable bonds is 7. The minimum Gasteiger partial charge on any atom is -0.342 e. The molecule has 1 unspecified atom stereocenters. The average molecular weight is 402 g/mol. The van der Waals surface area contributed by atoms with Crippen molar-refractivity contribution in [3.63, 3.8) is 0 Å². The second-order valence-corrected chi connectivity index (χ2v) is 9.51. The normalized spacial score (nSPS) is 18.5. The quantitative estimate of drug-likeness (QED) is 0.693. The molecule has 2 amide bonds. The molecule has 0 aliphatic carbocycles. The molecule has 1 aromatic heterocycles. The molecule has 2 rings (SSSR count). The number of amides is 2. The number of carbonyl (C=O) groups is 2. The van der Waals surface area contributed by atoms with Crippen molar-refractivity contribution in [1.29, 1.82) is 0 Å². The van der Waals surface area contributed by atoms with Crippen LogP contribution in [0.15, 0.2) is 21.7 Å². The Morgan fingerprint density at radius 3 is 2.58 bits per heavy atom. The van der Waals surface area contributed by atoms with Gasteiger partial charge in [-0.2, -0.15) is 4.31 Å². The molecule has 0 radical (unpaired) electrons. The molecule has 0 N–H and O–H groups in total. The molecule has 1 saturated heterocycles. The SMILES string of the molecule is CCN(CC)C(=O)CN(C)C(=O)C1CCCN(S(=O)(=O)c2cccs2)C1. The summed E-state index contributed by atoms with van der Waals surface area (Å²) in [5.41, 5.74) is 0. The van der Waals surface area contributed by atoms with E-state index in [2.05, 4.69) is 0 Å². The van der Waals surface area contributed by atoms with Crippen molar-refractivity contribution in [1.82, 2.24) is 14.1 Å². The van der Waals surface area contributed by atoms with Gasteiger partial charge in [0.05, 0.1) is 12.5 Å². The smallest absolute Gasteiger partial charge is 0.252 e. The fraction of sp³-hybridized carbons (Fsp3) is 0.647. The predicted octanol–water partition coefficient (Wildman–Crippen LogP) is 1.48. The lowest BCUT2D eigenvalue weighted by molar-refractivity contribution is -0.142. The highest BCUT2D eigenvalue weighted by Gasteiger charge is 2.35. The standard InChI is InChI=1S/C17H27N3O4S2/c1-4-19(5-2)15(21)13-18(3)17(22)14-8-6-10-20(12-14)26(23,24)16-9-7-11-25-16/h7,9,11,14H,4-6,8,10,12-13H2,1-3H3. The van der Waals surface area contributed by atoms with Crippen molar-refractivity contribution < 1.29 is 18.0 Å². The van der Waals surface area contributed by atoms with Crippen LogP contribution in [0.2, 0.25) is 0 Å². The zero-order valence-electron chi connectivity index (χ0n) is 15.6. The van der Waals surface area contributed by atoms with E-state index in [1.54, 1.807) is 29.5 Å². The van der Waals surface area contributed by atoms with Crippen LogP contribution in [-0.4, -0.2) is 74.1 Å². The fourth-order valence-corrected chi connectivity index (χ4v) is 5.84. The lowest BCUT2D eigenvalue weighted by Crippen LogP contribution is -2.48. The van der Waals surface area contributed by atoms with Gasteiger partial charge < -0.3 is 9.80 Å². The zero-order chi connectivity index (χ0) is 19.3. The molecule has 26 heavy (non-hydrogen) atoms. The first-order chi connectivity index (χ1) is 12.3. The second kappa shape index (κ2) is 8.96. The Bertz CT molecular complexity index is 714. The molecule has 7 nitrogen and oxygen atoms in total. The van der Waals surface area contributed by atoms with Crippen LogP contribution in [0.1, 0.15) is 26.7 Å². The Morgan fingerprint density at radius 1 is 1.31 bits per heavy atom. The lowest BCUT2D eigenvalue weighted by Gasteiger charge is -2.33. The van der Waals surface area contributed by atoms with Crippen molar-refractivity contribution in [3.05, 3.63) is 17.5 Å². The molecule has 1 atom stereocenters. The molecule has 0 spiro atoms. The van der Waals surface area contributed by atoms with E-state index in [1.807, 2.05) is 13.8 Å². The van der Waals surface area contributed by atoms with Gasteiger partial charge in [-0.15, -0.1) is 11.3 Å². The van der Waals surface area contributed by atoms with Crippen LogP contribution in [-0.2, 0) is 19.6 Å². The molecule has 1 aromatic rings. The number of carbonyl (C=O) groups excluding carboxylic acids is 2. The number of thiophene rings is 1. The minimum absolute atomic E-state index is 0.0225. The highest BCUT2D eigenvalue weighted by molar-refractivity contribution is 7.91. The predicted molar refractivity (Wildman–Crippen MR) is 101 cm³/mol. The molecule has 1 fully saturated rings. The molecule has 9 heteroatoms. The molecular formula is C17H27N3O4S2. The third-order valence-electron chi connectivity index (χ3n) is 4.69. The Hall–Kier alpha value is -1.45. The third kappa shape index (κ3) is 4.63. The van der Waals surface area contributed by atoms with E-state index in [0.29, 0.717) is 36.7 Å². The molecule has 1 aliphatic heterocycles. The van der Waals surface area contributed by atoms with Gasteiger partial charge in [-0.3, -0.25) is 9.59 Å². The van der Waals surface area contributed by atoms with E-state index in [9.17, 15) is 18.0 Å². The third-order valence-corrected chi connectivity index (χ3v) is 7.93. The summed E-state index contributed by atoms with van der Waals surface area (Å²) in [5.74, 6) is -0.672. The molecule has 1 aliphatic rings. The maximum absolute atomic E-state index is 12.7. The highest BCUT2D eigenvalue weighted by atomic mass is 32.2. The molecule has 146 valence electrons. The first-order valence-electron chi connectivity index (χ1n) is 8.87. The van der Waals surface area contributed by atoms with Gasteiger partial charge in [0.25, 0.3) is 10.0 Å². The van der Waals surface area contributed by atoms with E-state index in [-0.39, 0.29) is 24.9 Å². The lowest BCUT2D eigenvalue weighted by atomic mass is 9.98. The van der Waals surface area contributed by atoms with Crippen LogP contribution in [0, 0.1) is 5.92 Å². The summed E-state index contributed by atoms with van der Waals surface area (Å²) < 4.78 is 27.1. The van der Waals surface area contributed by atoms with Crippen molar-refractivity contribution in [2.75, 3.05) is 39.8 Å². The van der Waals surface area contributed by atoms with E-state index in [0.717, 1.165) is 0 Å². The topological polar surface area (TPSA) is 78.0 Å². The first-order valence-corrected chi connectivity index (χ1v) is 11.2. The van der Waals surface area contributed by atoms with Gasteiger partial charge in [0, 0.05) is 33.2 Å². The number of sulfonamides is 1. The van der Waals surface area contributed by atoms with Gasteiger partial charge in [-0.25, -0.2) is 8.42 Å².